The fraction of sp³-hybridized carbons (Fsp3) is 0.560. The fourth-order valence-electron chi connectivity index (χ4n) is 4.42. The van der Waals surface area contributed by atoms with Crippen LogP contribution in [-0.2, 0) is 14.3 Å². The zero-order valence-electron chi connectivity index (χ0n) is 21.3. The number of amidine groups is 1. The number of ether oxygens (including phenoxy) is 3. The minimum absolute atomic E-state index is 0.174. The molecule has 2 N–H and O–H groups in total. The van der Waals surface area contributed by atoms with E-state index in [4.69, 9.17) is 14.2 Å². The van der Waals surface area contributed by atoms with Crippen LogP contribution in [0.4, 0.5) is 16.2 Å². The van der Waals surface area contributed by atoms with Gasteiger partial charge in [0.1, 0.15) is 24.0 Å². The monoisotopic (exact) mass is 485 g/mol. The van der Waals surface area contributed by atoms with Gasteiger partial charge >= 0.3 is 6.09 Å². The molecule has 1 aromatic carbocycles. The van der Waals surface area contributed by atoms with E-state index in [1.165, 1.54) is 0 Å². The maximum absolute atomic E-state index is 12.6. The van der Waals surface area contributed by atoms with E-state index in [-0.39, 0.29) is 24.1 Å². The molecule has 190 valence electrons. The number of benzene rings is 1. The molecular formula is C25H35N5O5. The lowest BCUT2D eigenvalue weighted by atomic mass is 9.99. The first-order valence-corrected chi connectivity index (χ1v) is 12.0. The topological polar surface area (TPSA) is 105 Å². The predicted octanol–water partition coefficient (Wildman–Crippen LogP) is 3.54. The van der Waals surface area contributed by atoms with Gasteiger partial charge in [0.15, 0.2) is 5.84 Å². The van der Waals surface area contributed by atoms with Crippen LogP contribution in [0.15, 0.2) is 23.5 Å². The average Bonchev–Trinajstić information content (AvgIpc) is 3.17. The molecule has 0 bridgehead atoms. The van der Waals surface area contributed by atoms with E-state index in [0.717, 1.165) is 23.4 Å². The first kappa shape index (κ1) is 24.7. The van der Waals surface area contributed by atoms with E-state index in [1.807, 2.05) is 57.7 Å². The molecule has 3 aliphatic heterocycles. The maximum atomic E-state index is 12.6. The SMILES string of the molecule is CCOC=Cc1cc2c(cc1NC1(C)CCN(C(=O)OC(C)(C)C)C1)N1C(=NNC(=O)C1C)CO2. The third-order valence-corrected chi connectivity index (χ3v) is 6.16. The first-order valence-electron chi connectivity index (χ1n) is 12.0. The molecule has 0 aliphatic carbocycles. The minimum Gasteiger partial charge on any atom is -0.501 e. The van der Waals surface area contributed by atoms with Gasteiger partial charge < -0.3 is 29.3 Å². The Labute approximate surface area is 206 Å². The third-order valence-electron chi connectivity index (χ3n) is 6.16. The third kappa shape index (κ3) is 5.31. The number of nitrogens with one attached hydrogen (secondary N) is 2. The molecule has 35 heavy (non-hydrogen) atoms. The lowest BCUT2D eigenvalue weighted by Gasteiger charge is -2.39. The molecule has 1 fully saturated rings. The second-order valence-corrected chi connectivity index (χ2v) is 10.3. The molecule has 10 nitrogen and oxygen atoms in total. The maximum Gasteiger partial charge on any atom is 0.410 e. The molecule has 0 spiro atoms. The summed E-state index contributed by atoms with van der Waals surface area (Å²) in [6.45, 7) is 13.4. The normalized spacial score (nSPS) is 23.8. The quantitative estimate of drug-likeness (QED) is 0.615. The van der Waals surface area contributed by atoms with E-state index >= 15 is 0 Å². The fourth-order valence-corrected chi connectivity index (χ4v) is 4.42. The Kier molecular flexibility index (Phi) is 6.57. The zero-order valence-corrected chi connectivity index (χ0v) is 21.3. The molecule has 0 aromatic heterocycles. The molecule has 2 unspecified atom stereocenters. The summed E-state index contributed by atoms with van der Waals surface area (Å²) >= 11 is 0. The smallest absolute Gasteiger partial charge is 0.410 e. The molecule has 3 heterocycles. The van der Waals surface area contributed by atoms with Gasteiger partial charge in [0, 0.05) is 24.3 Å². The Balaban J connectivity index is 1.65. The van der Waals surface area contributed by atoms with Crippen LogP contribution in [0.5, 0.6) is 5.75 Å². The van der Waals surface area contributed by atoms with Crippen molar-refractivity contribution < 1.29 is 23.8 Å². The molecule has 1 aromatic rings. The number of amides is 2. The van der Waals surface area contributed by atoms with Gasteiger partial charge in [-0.2, -0.15) is 5.10 Å². The van der Waals surface area contributed by atoms with Crippen LogP contribution in [-0.4, -0.2) is 66.2 Å². The highest BCUT2D eigenvalue weighted by atomic mass is 16.6. The average molecular weight is 486 g/mol. The molecule has 0 saturated carbocycles. The summed E-state index contributed by atoms with van der Waals surface area (Å²) < 4.78 is 17.0. The van der Waals surface area contributed by atoms with Gasteiger partial charge in [0.2, 0.25) is 0 Å². The molecule has 4 rings (SSSR count). The summed E-state index contributed by atoms with van der Waals surface area (Å²) in [7, 11) is 0. The Morgan fingerprint density at radius 2 is 2.17 bits per heavy atom. The van der Waals surface area contributed by atoms with Crippen molar-refractivity contribution >= 4 is 35.3 Å². The number of hydrazone groups is 1. The van der Waals surface area contributed by atoms with Crippen molar-refractivity contribution in [3.05, 3.63) is 24.0 Å². The largest absolute Gasteiger partial charge is 0.501 e. The van der Waals surface area contributed by atoms with Crippen LogP contribution in [0.25, 0.3) is 6.08 Å². The summed E-state index contributed by atoms with van der Waals surface area (Å²) in [5, 5.41) is 7.83. The number of anilines is 2. The van der Waals surface area contributed by atoms with Crippen molar-refractivity contribution in [3.8, 4) is 5.75 Å². The summed E-state index contributed by atoms with van der Waals surface area (Å²) in [5.74, 6) is 1.14. The molecule has 2 amide bonds. The standard InChI is InChI=1S/C25H35N5O5/c1-7-33-11-8-17-12-20-19(30-16(2)22(31)28-27-21(30)14-34-20)13-18(17)26-25(6)9-10-29(15-25)23(32)35-24(3,4)5/h8,11-13,16,26H,7,9-10,14-15H2,1-6H3,(H,28,31). The van der Waals surface area contributed by atoms with Crippen LogP contribution < -0.4 is 20.4 Å². The predicted molar refractivity (Wildman–Crippen MR) is 135 cm³/mol. The Hall–Kier alpha value is -3.43. The summed E-state index contributed by atoms with van der Waals surface area (Å²) in [6, 6.07) is 3.49. The zero-order chi connectivity index (χ0) is 25.4. The Morgan fingerprint density at radius 1 is 1.40 bits per heavy atom. The van der Waals surface area contributed by atoms with Crippen molar-refractivity contribution in [1.29, 1.82) is 0 Å². The lowest BCUT2D eigenvalue weighted by molar-refractivity contribution is -0.122. The number of rotatable bonds is 5. The van der Waals surface area contributed by atoms with Crippen LogP contribution in [0.1, 0.15) is 53.5 Å². The summed E-state index contributed by atoms with van der Waals surface area (Å²) in [6.07, 6.45) is 3.98. The number of hydrogen-bond acceptors (Lipinski definition) is 8. The van der Waals surface area contributed by atoms with Crippen molar-refractivity contribution in [3.63, 3.8) is 0 Å². The van der Waals surface area contributed by atoms with E-state index in [2.05, 4.69) is 22.8 Å². The number of carbonyl (C=O) groups excluding carboxylic acids is 2. The van der Waals surface area contributed by atoms with Gasteiger partial charge in [-0.1, -0.05) is 0 Å². The van der Waals surface area contributed by atoms with Crippen LogP contribution in [0, 0.1) is 0 Å². The van der Waals surface area contributed by atoms with Gasteiger partial charge in [0.25, 0.3) is 5.91 Å². The van der Waals surface area contributed by atoms with Crippen molar-refractivity contribution in [2.24, 2.45) is 5.10 Å². The highest BCUT2D eigenvalue weighted by Gasteiger charge is 2.39. The molecule has 2 atom stereocenters. The highest BCUT2D eigenvalue weighted by Crippen LogP contribution is 2.41. The Bertz CT molecular complexity index is 1060. The van der Waals surface area contributed by atoms with Crippen molar-refractivity contribution in [1.82, 2.24) is 10.3 Å². The lowest BCUT2D eigenvalue weighted by Crippen LogP contribution is -2.55. The van der Waals surface area contributed by atoms with E-state index in [1.54, 1.807) is 11.2 Å². The van der Waals surface area contributed by atoms with Gasteiger partial charge in [-0.3, -0.25) is 4.79 Å². The highest BCUT2D eigenvalue weighted by molar-refractivity contribution is 6.09. The second kappa shape index (κ2) is 9.31. The molecule has 3 aliphatic rings. The number of carbonyl (C=O) groups is 2. The second-order valence-electron chi connectivity index (χ2n) is 10.3. The summed E-state index contributed by atoms with van der Waals surface area (Å²) in [4.78, 5) is 28.6. The molecule has 10 heteroatoms. The molecular weight excluding hydrogens is 450 g/mol. The van der Waals surface area contributed by atoms with Crippen LogP contribution in [0.3, 0.4) is 0 Å². The van der Waals surface area contributed by atoms with E-state index in [9.17, 15) is 9.59 Å². The number of nitrogens with zero attached hydrogens (tertiary/aromatic N) is 3. The number of hydrogen-bond donors (Lipinski definition) is 2. The Morgan fingerprint density at radius 3 is 2.89 bits per heavy atom. The van der Waals surface area contributed by atoms with E-state index in [0.29, 0.717) is 31.3 Å². The molecule has 0 radical (unpaired) electrons. The molecule has 1 saturated heterocycles. The van der Waals surface area contributed by atoms with Gasteiger partial charge in [-0.15, -0.1) is 0 Å². The first-order chi connectivity index (χ1) is 16.5. The minimum atomic E-state index is -0.546. The van der Waals surface area contributed by atoms with Crippen LogP contribution >= 0.6 is 0 Å². The van der Waals surface area contributed by atoms with Gasteiger partial charge in [-0.05, 0) is 66.2 Å². The number of likely N-dealkylation sites (tertiary alicyclic amines) is 1. The van der Waals surface area contributed by atoms with Gasteiger partial charge in [-0.25, -0.2) is 10.2 Å². The van der Waals surface area contributed by atoms with E-state index < -0.39 is 11.6 Å². The number of fused-ring (bicyclic) bond motifs is 3. The van der Waals surface area contributed by atoms with Crippen molar-refractivity contribution in [2.75, 3.05) is 36.5 Å². The summed E-state index contributed by atoms with van der Waals surface area (Å²) in [5.41, 5.74) is 4.11. The van der Waals surface area contributed by atoms with Gasteiger partial charge in [0.05, 0.1) is 24.1 Å². The van der Waals surface area contributed by atoms with Crippen LogP contribution in [0.2, 0.25) is 0 Å². The van der Waals surface area contributed by atoms with Crippen molar-refractivity contribution in [2.45, 2.75) is 65.1 Å².